The molecule has 0 radical (unpaired) electrons. The Kier molecular flexibility index (Phi) is 5.08. The molecule has 33 heavy (non-hydrogen) atoms. The third kappa shape index (κ3) is 3.71. The van der Waals surface area contributed by atoms with Crippen LogP contribution in [0, 0.1) is 13.8 Å². The number of aromatic nitrogens is 4. The zero-order valence-electron chi connectivity index (χ0n) is 18.6. The number of fused-ring (bicyclic) bond motifs is 2. The minimum Gasteiger partial charge on any atom is -0.497 e. The Bertz CT molecular complexity index is 1420. The second-order valence-corrected chi connectivity index (χ2v) is 7.92. The number of benzene rings is 2. The number of anilines is 1. The quantitative estimate of drug-likeness (QED) is 0.480. The summed E-state index contributed by atoms with van der Waals surface area (Å²) in [6.07, 6.45) is 0. The lowest BCUT2D eigenvalue weighted by molar-refractivity contribution is -0.119. The summed E-state index contributed by atoms with van der Waals surface area (Å²) < 4.78 is 13.5. The molecule has 0 N–H and O–H groups in total. The molecule has 1 amide bonds. The van der Waals surface area contributed by atoms with Gasteiger partial charge in [-0.2, -0.15) is 0 Å². The van der Waals surface area contributed by atoms with E-state index in [-0.39, 0.29) is 12.5 Å². The van der Waals surface area contributed by atoms with E-state index in [1.54, 1.807) is 25.0 Å². The molecular weight excluding hydrogens is 422 g/mol. The highest BCUT2D eigenvalue weighted by molar-refractivity contribution is 5.95. The van der Waals surface area contributed by atoms with Crippen molar-refractivity contribution in [3.05, 3.63) is 70.4 Å². The fourth-order valence-corrected chi connectivity index (χ4v) is 4.01. The molecule has 0 bridgehead atoms. The van der Waals surface area contributed by atoms with Crippen molar-refractivity contribution in [3.63, 3.8) is 0 Å². The van der Waals surface area contributed by atoms with Crippen LogP contribution >= 0.6 is 0 Å². The number of nitrogens with zero attached hydrogens (tertiary/aromatic N) is 5. The van der Waals surface area contributed by atoms with Crippen molar-refractivity contribution in [3.8, 4) is 22.8 Å². The number of aryl methyl sites for hydroxylation is 2. The van der Waals surface area contributed by atoms with Gasteiger partial charge >= 0.3 is 5.69 Å². The first kappa shape index (κ1) is 20.7. The van der Waals surface area contributed by atoms with E-state index in [4.69, 9.17) is 9.47 Å². The average molecular weight is 445 g/mol. The number of amides is 1. The number of hydrogen-bond acceptors (Lipinski definition) is 6. The van der Waals surface area contributed by atoms with Gasteiger partial charge in [0.05, 0.1) is 25.0 Å². The molecular formula is C24H23N5O4. The van der Waals surface area contributed by atoms with Gasteiger partial charge in [-0.3, -0.25) is 4.79 Å². The minimum atomic E-state index is -0.401. The lowest BCUT2D eigenvalue weighted by Crippen LogP contribution is -2.41. The van der Waals surface area contributed by atoms with Gasteiger partial charge in [-0.15, -0.1) is 5.10 Å². The molecule has 0 atom stereocenters. The van der Waals surface area contributed by atoms with Crippen LogP contribution in [-0.4, -0.2) is 45.3 Å². The van der Waals surface area contributed by atoms with Crippen molar-refractivity contribution in [2.24, 2.45) is 0 Å². The Morgan fingerprint density at radius 3 is 2.67 bits per heavy atom. The molecule has 2 aromatic heterocycles. The monoisotopic (exact) mass is 445 g/mol. The van der Waals surface area contributed by atoms with E-state index < -0.39 is 5.69 Å². The van der Waals surface area contributed by atoms with Crippen molar-refractivity contribution in [2.75, 3.05) is 25.2 Å². The normalized spacial score (nSPS) is 13.0. The molecule has 1 aliphatic rings. The van der Waals surface area contributed by atoms with Crippen LogP contribution in [-0.2, 0) is 11.3 Å². The predicted molar refractivity (Wildman–Crippen MR) is 123 cm³/mol. The van der Waals surface area contributed by atoms with E-state index in [2.05, 4.69) is 10.1 Å². The smallest absolute Gasteiger partial charge is 0.352 e. The summed E-state index contributed by atoms with van der Waals surface area (Å²) in [6.45, 7) is 4.34. The van der Waals surface area contributed by atoms with Crippen molar-refractivity contribution in [1.82, 2.24) is 19.2 Å². The van der Waals surface area contributed by atoms with Crippen LogP contribution in [0.2, 0.25) is 0 Å². The van der Waals surface area contributed by atoms with Gasteiger partial charge in [0.15, 0.2) is 5.65 Å². The molecule has 1 aliphatic heterocycles. The summed E-state index contributed by atoms with van der Waals surface area (Å²) in [6, 6.07) is 14.9. The third-order valence-electron chi connectivity index (χ3n) is 5.69. The number of ether oxygens (including phenoxy) is 2. The van der Waals surface area contributed by atoms with Gasteiger partial charge in [-0.1, -0.05) is 6.07 Å². The van der Waals surface area contributed by atoms with E-state index in [1.807, 2.05) is 49.4 Å². The Morgan fingerprint density at radius 1 is 1.12 bits per heavy atom. The van der Waals surface area contributed by atoms with Gasteiger partial charge in [0.1, 0.15) is 30.5 Å². The van der Waals surface area contributed by atoms with Crippen molar-refractivity contribution in [2.45, 2.75) is 20.4 Å². The Morgan fingerprint density at radius 2 is 1.91 bits per heavy atom. The molecule has 168 valence electrons. The van der Waals surface area contributed by atoms with E-state index in [1.165, 1.54) is 9.08 Å². The summed E-state index contributed by atoms with van der Waals surface area (Å²) in [4.78, 5) is 32.4. The van der Waals surface area contributed by atoms with Crippen molar-refractivity contribution < 1.29 is 14.3 Å². The Hall–Kier alpha value is -4.14. The maximum atomic E-state index is 13.1. The molecule has 3 heterocycles. The minimum absolute atomic E-state index is 0.175. The predicted octanol–water partition coefficient (Wildman–Crippen LogP) is 2.61. The van der Waals surface area contributed by atoms with Crippen molar-refractivity contribution >= 4 is 17.2 Å². The van der Waals surface area contributed by atoms with Gasteiger partial charge in [-0.05, 0) is 55.8 Å². The fourth-order valence-electron chi connectivity index (χ4n) is 4.01. The molecule has 0 aliphatic carbocycles. The van der Waals surface area contributed by atoms with Crippen LogP contribution in [0.3, 0.4) is 0 Å². The standard InChI is InChI=1S/C24H23N5O4/c1-15-4-9-21-20(12-15)27(10-11-33-21)23(30)14-28-24(31)29-16(2)25-19(13-22(29)26-28)17-5-7-18(32-3)8-6-17/h4-9,12-13H,10-11,14H2,1-3H3. The molecule has 0 spiro atoms. The third-order valence-corrected chi connectivity index (χ3v) is 5.69. The van der Waals surface area contributed by atoms with Crippen LogP contribution in [0.1, 0.15) is 11.4 Å². The van der Waals surface area contributed by atoms with Crippen LogP contribution in [0.5, 0.6) is 11.5 Å². The SMILES string of the molecule is COc1ccc(-c2cc3nn(CC(=O)N4CCOc5ccc(C)cc54)c(=O)n3c(C)n2)cc1. The van der Waals surface area contributed by atoms with Gasteiger partial charge in [-0.25, -0.2) is 18.9 Å². The summed E-state index contributed by atoms with van der Waals surface area (Å²) in [7, 11) is 1.61. The lowest BCUT2D eigenvalue weighted by atomic mass is 10.1. The first-order valence-electron chi connectivity index (χ1n) is 10.6. The Balaban J connectivity index is 1.48. The van der Waals surface area contributed by atoms with Gasteiger partial charge in [0, 0.05) is 11.6 Å². The second kappa shape index (κ2) is 8.09. The molecule has 2 aromatic carbocycles. The maximum absolute atomic E-state index is 13.1. The summed E-state index contributed by atoms with van der Waals surface area (Å²) >= 11 is 0. The molecule has 9 nitrogen and oxygen atoms in total. The van der Waals surface area contributed by atoms with Crippen molar-refractivity contribution in [1.29, 1.82) is 0 Å². The first-order valence-corrected chi connectivity index (χ1v) is 10.6. The zero-order chi connectivity index (χ0) is 23.1. The van der Waals surface area contributed by atoms with Crippen LogP contribution < -0.4 is 20.1 Å². The number of rotatable bonds is 4. The average Bonchev–Trinajstić information content (AvgIpc) is 3.13. The summed E-state index contributed by atoms with van der Waals surface area (Å²) in [5, 5.41) is 4.43. The van der Waals surface area contributed by atoms with E-state index in [0.717, 1.165) is 16.9 Å². The highest BCUT2D eigenvalue weighted by Crippen LogP contribution is 2.32. The highest BCUT2D eigenvalue weighted by atomic mass is 16.5. The van der Waals surface area contributed by atoms with Crippen LogP contribution in [0.25, 0.3) is 16.9 Å². The van der Waals surface area contributed by atoms with Gasteiger partial charge in [0.2, 0.25) is 5.91 Å². The fraction of sp³-hybridized carbons (Fsp3) is 0.250. The second-order valence-electron chi connectivity index (χ2n) is 7.92. The summed E-state index contributed by atoms with van der Waals surface area (Å²) in [5.41, 5.74) is 3.33. The first-order chi connectivity index (χ1) is 15.9. The molecule has 0 fully saturated rings. The lowest BCUT2D eigenvalue weighted by Gasteiger charge is -2.29. The number of methoxy groups -OCH3 is 1. The van der Waals surface area contributed by atoms with E-state index in [9.17, 15) is 9.59 Å². The number of carbonyl (C=O) groups is 1. The molecule has 9 heteroatoms. The maximum Gasteiger partial charge on any atom is 0.352 e. The summed E-state index contributed by atoms with van der Waals surface area (Å²) in [5.74, 6) is 1.67. The molecule has 0 saturated heterocycles. The number of carbonyl (C=O) groups excluding carboxylic acids is 1. The highest BCUT2D eigenvalue weighted by Gasteiger charge is 2.25. The van der Waals surface area contributed by atoms with Crippen LogP contribution in [0.15, 0.2) is 53.3 Å². The van der Waals surface area contributed by atoms with Gasteiger partial charge < -0.3 is 14.4 Å². The topological polar surface area (TPSA) is 91.0 Å². The van der Waals surface area contributed by atoms with Crippen LogP contribution in [0.4, 0.5) is 5.69 Å². The molecule has 5 rings (SSSR count). The zero-order valence-corrected chi connectivity index (χ0v) is 18.6. The molecule has 0 saturated carbocycles. The molecule has 4 aromatic rings. The molecule has 0 unspecified atom stereocenters. The Labute approximate surface area is 189 Å². The van der Waals surface area contributed by atoms with E-state index in [0.29, 0.717) is 41.8 Å². The van der Waals surface area contributed by atoms with E-state index >= 15 is 0 Å². The number of hydrogen-bond donors (Lipinski definition) is 0. The van der Waals surface area contributed by atoms with Gasteiger partial charge in [0.25, 0.3) is 0 Å². The largest absolute Gasteiger partial charge is 0.497 e.